The van der Waals surface area contributed by atoms with E-state index in [1.54, 1.807) is 12.1 Å². The van der Waals surface area contributed by atoms with Crippen LogP contribution < -0.4 is 5.73 Å². The van der Waals surface area contributed by atoms with Gasteiger partial charge in [0.2, 0.25) is 0 Å². The Labute approximate surface area is 103 Å². The fourth-order valence-corrected chi connectivity index (χ4v) is 2.43. The van der Waals surface area contributed by atoms with Crippen LogP contribution in [0.1, 0.15) is 31.2 Å². The normalized spacial score (nSPS) is 17.2. The van der Waals surface area contributed by atoms with Crippen molar-refractivity contribution in [3.8, 4) is 5.75 Å². The maximum absolute atomic E-state index is 9.51. The summed E-state index contributed by atoms with van der Waals surface area (Å²) in [6.45, 7) is 3.69. The van der Waals surface area contributed by atoms with Crippen LogP contribution in [0.25, 0.3) is 0 Å². The van der Waals surface area contributed by atoms with Gasteiger partial charge in [0, 0.05) is 0 Å². The minimum absolute atomic E-state index is 0.209. The number of nitrogen functional groups attached to an aromatic ring is 1. The first kappa shape index (κ1) is 12.2. The molecule has 1 aromatic rings. The lowest BCUT2D eigenvalue weighted by atomic mass is 10.1. The predicted octanol–water partition coefficient (Wildman–Crippen LogP) is 2.39. The van der Waals surface area contributed by atoms with Gasteiger partial charge in [-0.15, -0.1) is 0 Å². The Morgan fingerprint density at radius 3 is 2.65 bits per heavy atom. The molecule has 1 fully saturated rings. The lowest BCUT2D eigenvalue weighted by Crippen LogP contribution is -2.30. The van der Waals surface area contributed by atoms with Gasteiger partial charge in [0.15, 0.2) is 0 Å². The van der Waals surface area contributed by atoms with Crippen LogP contribution in [-0.2, 0) is 6.42 Å². The maximum atomic E-state index is 9.51. The lowest BCUT2D eigenvalue weighted by molar-refractivity contribution is 0.226. The Hall–Kier alpha value is -1.22. The van der Waals surface area contributed by atoms with Gasteiger partial charge in [-0.05, 0) is 63.0 Å². The smallest absolute Gasteiger partial charge is 0.138 e. The number of aryl methyl sites for hydroxylation is 1. The van der Waals surface area contributed by atoms with E-state index in [0.717, 1.165) is 12.8 Å². The number of benzene rings is 1. The van der Waals surface area contributed by atoms with E-state index in [4.69, 9.17) is 5.73 Å². The summed E-state index contributed by atoms with van der Waals surface area (Å²) in [5.74, 6) is 0.209. The summed E-state index contributed by atoms with van der Waals surface area (Å²) >= 11 is 0. The topological polar surface area (TPSA) is 49.5 Å². The molecule has 1 aliphatic rings. The summed E-state index contributed by atoms with van der Waals surface area (Å²) in [5, 5.41) is 9.51. The number of nitrogens with two attached hydrogens (primary N) is 1. The molecule has 3 nitrogen and oxygen atoms in total. The quantitative estimate of drug-likeness (QED) is 0.621. The maximum Gasteiger partial charge on any atom is 0.138 e. The van der Waals surface area contributed by atoms with Crippen LogP contribution in [0.4, 0.5) is 5.69 Å². The number of phenolic OH excluding ortho intramolecular Hbond substituents is 1. The van der Waals surface area contributed by atoms with Gasteiger partial charge in [0.1, 0.15) is 5.75 Å². The van der Waals surface area contributed by atoms with Crippen molar-refractivity contribution in [3.05, 3.63) is 23.8 Å². The van der Waals surface area contributed by atoms with Gasteiger partial charge in [-0.2, -0.15) is 0 Å². The molecule has 1 saturated heterocycles. The first-order valence-electron chi connectivity index (χ1n) is 6.55. The molecule has 0 spiro atoms. The highest BCUT2D eigenvalue weighted by Gasteiger charge is 2.09. The second-order valence-corrected chi connectivity index (χ2v) is 4.90. The number of hydrogen-bond acceptors (Lipinski definition) is 3. The first-order valence-corrected chi connectivity index (χ1v) is 6.55. The molecule has 2 rings (SSSR count). The van der Waals surface area contributed by atoms with E-state index in [-0.39, 0.29) is 5.75 Å². The molecule has 0 radical (unpaired) electrons. The molecule has 0 amide bonds. The number of nitrogens with zero attached hydrogens (tertiary/aromatic N) is 1. The van der Waals surface area contributed by atoms with Crippen LogP contribution in [0.2, 0.25) is 0 Å². The van der Waals surface area contributed by atoms with Gasteiger partial charge in [0.25, 0.3) is 0 Å². The zero-order valence-electron chi connectivity index (χ0n) is 10.4. The van der Waals surface area contributed by atoms with Crippen LogP contribution in [0, 0.1) is 0 Å². The summed E-state index contributed by atoms with van der Waals surface area (Å²) in [5.41, 5.74) is 7.21. The van der Waals surface area contributed by atoms with Gasteiger partial charge in [-0.1, -0.05) is 12.5 Å². The number of hydrogen-bond donors (Lipinski definition) is 2. The van der Waals surface area contributed by atoms with Crippen LogP contribution >= 0.6 is 0 Å². The van der Waals surface area contributed by atoms with Crippen molar-refractivity contribution in [2.45, 2.75) is 32.1 Å². The third-order valence-electron chi connectivity index (χ3n) is 3.48. The molecular weight excluding hydrogens is 212 g/mol. The Morgan fingerprint density at radius 1 is 1.18 bits per heavy atom. The number of phenols is 1. The predicted molar refractivity (Wildman–Crippen MR) is 71.1 cm³/mol. The van der Waals surface area contributed by atoms with E-state index in [0.29, 0.717) is 5.69 Å². The molecule has 0 bridgehead atoms. The van der Waals surface area contributed by atoms with Crippen molar-refractivity contribution >= 4 is 5.69 Å². The van der Waals surface area contributed by atoms with E-state index in [1.165, 1.54) is 44.5 Å². The number of piperidine rings is 1. The fourth-order valence-electron chi connectivity index (χ4n) is 2.43. The van der Waals surface area contributed by atoms with E-state index in [1.807, 2.05) is 6.07 Å². The third-order valence-corrected chi connectivity index (χ3v) is 3.48. The first-order chi connectivity index (χ1) is 8.25. The Morgan fingerprint density at radius 2 is 1.94 bits per heavy atom. The molecular formula is C14H22N2O. The van der Waals surface area contributed by atoms with Crippen LogP contribution in [0.15, 0.2) is 18.2 Å². The fraction of sp³-hybridized carbons (Fsp3) is 0.571. The second kappa shape index (κ2) is 5.92. The number of rotatable bonds is 4. The molecule has 1 aliphatic heterocycles. The van der Waals surface area contributed by atoms with Crippen LogP contribution in [0.3, 0.4) is 0 Å². The molecule has 0 unspecified atom stereocenters. The minimum atomic E-state index is 0.209. The van der Waals surface area contributed by atoms with E-state index in [2.05, 4.69) is 4.90 Å². The van der Waals surface area contributed by atoms with Crippen molar-refractivity contribution in [1.29, 1.82) is 0 Å². The summed E-state index contributed by atoms with van der Waals surface area (Å²) in [7, 11) is 0. The van der Waals surface area contributed by atoms with Gasteiger partial charge in [-0.25, -0.2) is 0 Å². The molecule has 3 heteroatoms. The SMILES string of the molecule is Nc1ccc(CCCN2CCCCC2)cc1O. The van der Waals surface area contributed by atoms with Crippen molar-refractivity contribution in [3.63, 3.8) is 0 Å². The average Bonchev–Trinajstić information content (AvgIpc) is 2.35. The molecule has 94 valence electrons. The molecule has 1 aromatic carbocycles. The van der Waals surface area contributed by atoms with Crippen LogP contribution in [0.5, 0.6) is 5.75 Å². The van der Waals surface area contributed by atoms with Crippen molar-refractivity contribution in [2.75, 3.05) is 25.4 Å². The Bertz CT molecular complexity index is 359. The summed E-state index contributed by atoms with van der Waals surface area (Å²) in [6.07, 6.45) is 6.27. The zero-order chi connectivity index (χ0) is 12.1. The molecule has 0 atom stereocenters. The number of anilines is 1. The molecule has 1 heterocycles. The van der Waals surface area contributed by atoms with Gasteiger partial charge < -0.3 is 15.7 Å². The molecule has 17 heavy (non-hydrogen) atoms. The average molecular weight is 234 g/mol. The summed E-state index contributed by atoms with van der Waals surface area (Å²) in [6, 6.07) is 5.57. The molecule has 3 N–H and O–H groups in total. The highest BCUT2D eigenvalue weighted by molar-refractivity contribution is 5.52. The summed E-state index contributed by atoms with van der Waals surface area (Å²) < 4.78 is 0. The van der Waals surface area contributed by atoms with E-state index < -0.39 is 0 Å². The molecule has 0 aliphatic carbocycles. The highest BCUT2D eigenvalue weighted by atomic mass is 16.3. The standard InChI is InChI=1S/C14H22N2O/c15-13-7-6-12(11-14(13)17)5-4-10-16-8-2-1-3-9-16/h6-7,11,17H,1-5,8-10,15H2. The number of likely N-dealkylation sites (tertiary alicyclic amines) is 1. The van der Waals surface area contributed by atoms with Gasteiger partial charge in [-0.3, -0.25) is 0 Å². The monoisotopic (exact) mass is 234 g/mol. The van der Waals surface area contributed by atoms with E-state index in [9.17, 15) is 5.11 Å². The van der Waals surface area contributed by atoms with Crippen molar-refractivity contribution in [2.24, 2.45) is 0 Å². The highest BCUT2D eigenvalue weighted by Crippen LogP contribution is 2.21. The molecule has 0 aromatic heterocycles. The third kappa shape index (κ3) is 3.63. The van der Waals surface area contributed by atoms with E-state index >= 15 is 0 Å². The minimum Gasteiger partial charge on any atom is -0.506 e. The van der Waals surface area contributed by atoms with Crippen LogP contribution in [-0.4, -0.2) is 29.6 Å². The Balaban J connectivity index is 1.75. The van der Waals surface area contributed by atoms with Crippen molar-refractivity contribution < 1.29 is 5.11 Å². The largest absolute Gasteiger partial charge is 0.506 e. The lowest BCUT2D eigenvalue weighted by Gasteiger charge is -2.26. The van der Waals surface area contributed by atoms with Gasteiger partial charge in [0.05, 0.1) is 5.69 Å². The second-order valence-electron chi connectivity index (χ2n) is 4.90. The zero-order valence-corrected chi connectivity index (χ0v) is 10.4. The Kier molecular flexibility index (Phi) is 4.26. The number of aromatic hydroxyl groups is 1. The summed E-state index contributed by atoms with van der Waals surface area (Å²) in [4.78, 5) is 2.54. The van der Waals surface area contributed by atoms with Crippen molar-refractivity contribution in [1.82, 2.24) is 4.90 Å². The van der Waals surface area contributed by atoms with Gasteiger partial charge >= 0.3 is 0 Å². The molecule has 0 saturated carbocycles.